The van der Waals surface area contributed by atoms with Crippen molar-refractivity contribution >= 4 is 11.6 Å². The molecule has 1 aliphatic heterocycles. The van der Waals surface area contributed by atoms with E-state index < -0.39 is 0 Å². The molecule has 1 saturated heterocycles. The van der Waals surface area contributed by atoms with Crippen LogP contribution >= 0.6 is 0 Å². The third kappa shape index (κ3) is 3.13. The molecule has 0 saturated carbocycles. The summed E-state index contributed by atoms with van der Waals surface area (Å²) in [6.45, 7) is 4.15. The van der Waals surface area contributed by atoms with E-state index in [-0.39, 0.29) is 12.6 Å². The van der Waals surface area contributed by atoms with E-state index in [4.69, 9.17) is 0 Å². The number of rotatable bonds is 4. The third-order valence-electron chi connectivity index (χ3n) is 3.47. The quantitative estimate of drug-likeness (QED) is 0.859. The second kappa shape index (κ2) is 6.59. The number of hydrogen-bond acceptors (Lipinski definition) is 4. The van der Waals surface area contributed by atoms with Gasteiger partial charge in [0.2, 0.25) is 0 Å². The normalized spacial score (nSPS) is 20.6. The Bertz CT molecular complexity index is 370. The second-order valence-electron chi connectivity index (χ2n) is 4.79. The summed E-state index contributed by atoms with van der Waals surface area (Å²) >= 11 is 0. The van der Waals surface area contributed by atoms with Crippen LogP contribution in [0.1, 0.15) is 32.6 Å². The van der Waals surface area contributed by atoms with E-state index >= 15 is 0 Å². The van der Waals surface area contributed by atoms with Crippen LogP contribution in [0, 0.1) is 0 Å². The molecule has 0 aromatic carbocycles. The number of nitrogens with one attached hydrogen (secondary N) is 1. The molecule has 0 aliphatic carbocycles. The molecule has 1 atom stereocenters. The van der Waals surface area contributed by atoms with Crippen molar-refractivity contribution in [2.45, 2.75) is 38.6 Å². The molecule has 18 heavy (non-hydrogen) atoms. The molecule has 4 heteroatoms. The molecule has 1 fully saturated rings. The number of anilines is 2. The highest BCUT2D eigenvalue weighted by Crippen LogP contribution is 2.23. The van der Waals surface area contributed by atoms with Gasteiger partial charge in [0.1, 0.15) is 11.6 Å². The summed E-state index contributed by atoms with van der Waals surface area (Å²) in [5.74, 6) is 1.89. The zero-order chi connectivity index (χ0) is 12.8. The Morgan fingerprint density at radius 3 is 3.06 bits per heavy atom. The molecule has 1 unspecified atom stereocenters. The minimum Gasteiger partial charge on any atom is -0.394 e. The standard InChI is InChI=1S/C14H23N3O/c1-2-15-13-8-6-9-14(16-13)17-10-5-3-4-7-12(17)11-18/h6,8-9,12,18H,2-5,7,10-11H2,1H3,(H,15,16). The molecule has 2 heterocycles. The molecule has 2 N–H and O–H groups in total. The van der Waals surface area contributed by atoms with Crippen molar-refractivity contribution in [1.82, 2.24) is 4.98 Å². The maximum atomic E-state index is 9.54. The SMILES string of the molecule is CCNc1cccc(N2CCCCCC2CO)n1. The van der Waals surface area contributed by atoms with Gasteiger partial charge < -0.3 is 15.3 Å². The first-order valence-electron chi connectivity index (χ1n) is 6.93. The van der Waals surface area contributed by atoms with Crippen LogP contribution in [0.4, 0.5) is 11.6 Å². The molecular formula is C14H23N3O. The van der Waals surface area contributed by atoms with Gasteiger partial charge in [0, 0.05) is 13.1 Å². The van der Waals surface area contributed by atoms with Gasteiger partial charge in [0.25, 0.3) is 0 Å². The minimum absolute atomic E-state index is 0.215. The molecule has 0 radical (unpaired) electrons. The lowest BCUT2D eigenvalue weighted by Crippen LogP contribution is -2.38. The molecule has 0 spiro atoms. The van der Waals surface area contributed by atoms with Crippen LogP contribution < -0.4 is 10.2 Å². The summed E-state index contributed by atoms with van der Waals surface area (Å²) in [7, 11) is 0. The van der Waals surface area contributed by atoms with Gasteiger partial charge in [-0.2, -0.15) is 0 Å². The maximum absolute atomic E-state index is 9.54. The van der Waals surface area contributed by atoms with Crippen LogP contribution in [0.5, 0.6) is 0 Å². The van der Waals surface area contributed by atoms with E-state index in [1.165, 1.54) is 19.3 Å². The van der Waals surface area contributed by atoms with Gasteiger partial charge in [-0.1, -0.05) is 18.9 Å². The highest BCUT2D eigenvalue weighted by atomic mass is 16.3. The molecular weight excluding hydrogens is 226 g/mol. The van der Waals surface area contributed by atoms with Gasteiger partial charge in [-0.15, -0.1) is 0 Å². The van der Waals surface area contributed by atoms with Crippen LogP contribution in [-0.4, -0.2) is 35.8 Å². The first kappa shape index (κ1) is 13.1. The largest absolute Gasteiger partial charge is 0.394 e. The second-order valence-corrected chi connectivity index (χ2v) is 4.79. The summed E-state index contributed by atoms with van der Waals surface area (Å²) in [4.78, 5) is 6.89. The smallest absolute Gasteiger partial charge is 0.131 e. The van der Waals surface area contributed by atoms with E-state index in [1.54, 1.807) is 0 Å². The molecule has 100 valence electrons. The summed E-state index contributed by atoms with van der Waals surface area (Å²) in [6, 6.07) is 6.27. The third-order valence-corrected chi connectivity index (χ3v) is 3.47. The summed E-state index contributed by atoms with van der Waals surface area (Å²) in [5, 5.41) is 12.8. The lowest BCUT2D eigenvalue weighted by Gasteiger charge is -2.30. The molecule has 0 bridgehead atoms. The lowest BCUT2D eigenvalue weighted by atomic mass is 10.1. The molecule has 0 amide bonds. The van der Waals surface area contributed by atoms with Gasteiger partial charge in [0.05, 0.1) is 12.6 Å². The van der Waals surface area contributed by atoms with Crippen molar-refractivity contribution in [2.24, 2.45) is 0 Å². The lowest BCUT2D eigenvalue weighted by molar-refractivity contribution is 0.254. The molecule has 1 aliphatic rings. The average molecular weight is 249 g/mol. The van der Waals surface area contributed by atoms with Gasteiger partial charge in [-0.25, -0.2) is 4.98 Å². The van der Waals surface area contributed by atoms with Crippen molar-refractivity contribution in [3.63, 3.8) is 0 Å². The zero-order valence-corrected chi connectivity index (χ0v) is 11.1. The van der Waals surface area contributed by atoms with E-state index in [1.807, 2.05) is 18.2 Å². The van der Waals surface area contributed by atoms with Gasteiger partial charge in [-0.05, 0) is 31.9 Å². The Balaban J connectivity index is 2.18. The van der Waals surface area contributed by atoms with E-state index in [0.29, 0.717) is 0 Å². The van der Waals surface area contributed by atoms with E-state index in [0.717, 1.165) is 31.1 Å². The fraction of sp³-hybridized carbons (Fsp3) is 0.643. The van der Waals surface area contributed by atoms with E-state index in [9.17, 15) is 5.11 Å². The van der Waals surface area contributed by atoms with Gasteiger partial charge >= 0.3 is 0 Å². The molecule has 2 rings (SSSR count). The van der Waals surface area contributed by atoms with Crippen molar-refractivity contribution < 1.29 is 5.11 Å². The van der Waals surface area contributed by atoms with Crippen LogP contribution in [-0.2, 0) is 0 Å². The van der Waals surface area contributed by atoms with Gasteiger partial charge in [0.15, 0.2) is 0 Å². The summed E-state index contributed by atoms with van der Waals surface area (Å²) in [5.41, 5.74) is 0. The minimum atomic E-state index is 0.215. The number of nitrogens with zero attached hydrogens (tertiary/aromatic N) is 2. The topological polar surface area (TPSA) is 48.4 Å². The number of aromatic nitrogens is 1. The average Bonchev–Trinajstić information content (AvgIpc) is 2.64. The Morgan fingerprint density at radius 1 is 1.39 bits per heavy atom. The zero-order valence-electron chi connectivity index (χ0n) is 11.1. The van der Waals surface area contributed by atoms with Crippen LogP contribution in [0.25, 0.3) is 0 Å². The Kier molecular flexibility index (Phi) is 4.81. The molecule has 1 aromatic heterocycles. The van der Waals surface area contributed by atoms with Crippen LogP contribution in [0.3, 0.4) is 0 Å². The maximum Gasteiger partial charge on any atom is 0.131 e. The number of aliphatic hydroxyl groups excluding tert-OH is 1. The van der Waals surface area contributed by atoms with Crippen LogP contribution in [0.15, 0.2) is 18.2 Å². The van der Waals surface area contributed by atoms with Gasteiger partial charge in [-0.3, -0.25) is 0 Å². The number of aliphatic hydroxyl groups is 1. The first-order valence-corrected chi connectivity index (χ1v) is 6.93. The van der Waals surface area contributed by atoms with Crippen molar-refractivity contribution in [3.8, 4) is 0 Å². The summed E-state index contributed by atoms with van der Waals surface area (Å²) < 4.78 is 0. The van der Waals surface area contributed by atoms with Crippen molar-refractivity contribution in [1.29, 1.82) is 0 Å². The highest BCUT2D eigenvalue weighted by Gasteiger charge is 2.21. The first-order chi connectivity index (χ1) is 8.85. The van der Waals surface area contributed by atoms with Crippen molar-refractivity contribution in [3.05, 3.63) is 18.2 Å². The Morgan fingerprint density at radius 2 is 2.28 bits per heavy atom. The van der Waals surface area contributed by atoms with Crippen LogP contribution in [0.2, 0.25) is 0 Å². The van der Waals surface area contributed by atoms with Crippen molar-refractivity contribution in [2.75, 3.05) is 29.9 Å². The summed E-state index contributed by atoms with van der Waals surface area (Å²) in [6.07, 6.45) is 4.70. The monoisotopic (exact) mass is 249 g/mol. The Hall–Kier alpha value is -1.29. The fourth-order valence-electron chi connectivity index (χ4n) is 2.53. The van der Waals surface area contributed by atoms with E-state index in [2.05, 4.69) is 22.1 Å². The predicted octanol–water partition coefficient (Wildman–Crippen LogP) is 2.25. The number of hydrogen-bond donors (Lipinski definition) is 2. The Labute approximate surface area is 109 Å². The highest BCUT2D eigenvalue weighted by molar-refractivity contribution is 5.47. The predicted molar refractivity (Wildman–Crippen MR) is 75.1 cm³/mol. The number of pyridine rings is 1. The molecule has 1 aromatic rings. The fourth-order valence-corrected chi connectivity index (χ4v) is 2.53. The molecule has 4 nitrogen and oxygen atoms in total.